The van der Waals surface area contributed by atoms with E-state index in [-0.39, 0.29) is 29.8 Å². The van der Waals surface area contributed by atoms with Crippen LogP contribution in [0.2, 0.25) is 0 Å². The Balaban J connectivity index is 1.81. The molecule has 2 aliphatic rings. The molecule has 1 heterocycles. The number of carbonyl (C=O) groups is 2. The summed E-state index contributed by atoms with van der Waals surface area (Å²) in [5.74, 6) is 1.20. The van der Waals surface area contributed by atoms with E-state index in [9.17, 15) is 9.59 Å². The van der Waals surface area contributed by atoms with Gasteiger partial charge in [-0.05, 0) is 36.8 Å². The van der Waals surface area contributed by atoms with Gasteiger partial charge in [0.05, 0.1) is 5.92 Å². The average molecular weight is 433 g/mol. The van der Waals surface area contributed by atoms with E-state index < -0.39 is 0 Å². The van der Waals surface area contributed by atoms with Gasteiger partial charge in [-0.15, -0.1) is 0 Å². The van der Waals surface area contributed by atoms with Gasteiger partial charge in [-0.3, -0.25) is 14.5 Å². The minimum Gasteiger partial charge on any atom is -0.348 e. The number of nitrogens with one attached hydrogen (secondary N) is 1. The molecule has 0 spiro atoms. The maximum absolute atomic E-state index is 13.5. The van der Waals surface area contributed by atoms with Gasteiger partial charge in [-0.25, -0.2) is 0 Å². The third-order valence-electron chi connectivity index (χ3n) is 6.33. The molecule has 29 heavy (non-hydrogen) atoms. The van der Waals surface area contributed by atoms with Crippen LogP contribution in [0.5, 0.6) is 0 Å². The zero-order valence-corrected chi connectivity index (χ0v) is 19.2. The molecule has 3 atom stereocenters. The van der Waals surface area contributed by atoms with Gasteiger partial charge in [-0.1, -0.05) is 82.2 Å². The molecule has 0 unspecified atom stereocenters. The summed E-state index contributed by atoms with van der Waals surface area (Å²) in [4.78, 5) is 28.3. The van der Waals surface area contributed by atoms with Gasteiger partial charge in [0.15, 0.2) is 0 Å². The molecule has 2 amide bonds. The standard InChI is InChI=1S/C23H32N2O2S2/c1-15(2)19-14-29-23(28)25(19)22(27)16(3)20(17-10-6-4-7-11-17)24-21(26)18-12-8-5-9-13-18/h5,8-9,12-13,15-17,19-20H,4,6-7,10-11,14H2,1-3H3,(H,24,26)/t16-,19-,20+/m1/s1. The highest BCUT2D eigenvalue weighted by molar-refractivity contribution is 8.23. The molecule has 1 aromatic rings. The molecular weight excluding hydrogens is 400 g/mol. The summed E-state index contributed by atoms with van der Waals surface area (Å²) in [6.45, 7) is 6.25. The Kier molecular flexibility index (Phi) is 7.74. The lowest BCUT2D eigenvalue weighted by Crippen LogP contribution is -2.53. The van der Waals surface area contributed by atoms with E-state index in [1.807, 2.05) is 42.2 Å². The van der Waals surface area contributed by atoms with Crippen LogP contribution in [0.25, 0.3) is 0 Å². The van der Waals surface area contributed by atoms with Crippen molar-refractivity contribution in [3.8, 4) is 0 Å². The van der Waals surface area contributed by atoms with Gasteiger partial charge in [-0.2, -0.15) is 0 Å². The van der Waals surface area contributed by atoms with Crippen molar-refractivity contribution in [3.63, 3.8) is 0 Å². The van der Waals surface area contributed by atoms with Crippen molar-refractivity contribution in [2.24, 2.45) is 17.8 Å². The zero-order chi connectivity index (χ0) is 21.0. The van der Waals surface area contributed by atoms with E-state index in [0.29, 0.717) is 21.7 Å². The van der Waals surface area contributed by atoms with Crippen molar-refractivity contribution in [3.05, 3.63) is 35.9 Å². The van der Waals surface area contributed by atoms with Gasteiger partial charge >= 0.3 is 0 Å². The third-order valence-corrected chi connectivity index (χ3v) is 7.83. The molecule has 2 fully saturated rings. The van der Waals surface area contributed by atoms with Gasteiger partial charge in [0.25, 0.3) is 5.91 Å². The molecule has 1 saturated heterocycles. The highest BCUT2D eigenvalue weighted by Gasteiger charge is 2.41. The molecule has 4 nitrogen and oxygen atoms in total. The topological polar surface area (TPSA) is 49.4 Å². The Bertz CT molecular complexity index is 732. The molecule has 3 rings (SSSR count). The van der Waals surface area contributed by atoms with Gasteiger partial charge in [0, 0.05) is 23.4 Å². The van der Waals surface area contributed by atoms with Gasteiger partial charge in [0.2, 0.25) is 5.91 Å². The maximum atomic E-state index is 13.5. The van der Waals surface area contributed by atoms with Crippen LogP contribution in [-0.2, 0) is 4.79 Å². The van der Waals surface area contributed by atoms with Crippen molar-refractivity contribution < 1.29 is 9.59 Å². The monoisotopic (exact) mass is 432 g/mol. The Hall–Kier alpha value is -1.40. The normalized spacial score (nSPS) is 22.6. The van der Waals surface area contributed by atoms with E-state index in [2.05, 4.69) is 19.2 Å². The SMILES string of the molecule is CC(C)[C@H]1CSC(=S)N1C(=O)[C@H](C)[C@H](NC(=O)c1ccccc1)C1CCCCC1. The summed E-state index contributed by atoms with van der Waals surface area (Å²) >= 11 is 7.12. The van der Waals surface area contributed by atoms with Crippen molar-refractivity contribution in [1.82, 2.24) is 10.2 Å². The summed E-state index contributed by atoms with van der Waals surface area (Å²) in [5, 5.41) is 3.23. The van der Waals surface area contributed by atoms with Crippen LogP contribution in [0.1, 0.15) is 63.2 Å². The largest absolute Gasteiger partial charge is 0.348 e. The predicted molar refractivity (Wildman–Crippen MR) is 124 cm³/mol. The van der Waals surface area contributed by atoms with E-state index in [0.717, 1.165) is 31.4 Å². The van der Waals surface area contributed by atoms with E-state index >= 15 is 0 Å². The second-order valence-electron chi connectivity index (χ2n) is 8.65. The van der Waals surface area contributed by atoms with Crippen LogP contribution in [0, 0.1) is 17.8 Å². The molecule has 1 aromatic carbocycles. The van der Waals surface area contributed by atoms with Crippen LogP contribution in [0.15, 0.2) is 30.3 Å². The number of hydrogen-bond donors (Lipinski definition) is 1. The summed E-state index contributed by atoms with van der Waals surface area (Å²) in [6, 6.07) is 9.25. The molecule has 0 aromatic heterocycles. The molecule has 1 saturated carbocycles. The second-order valence-corrected chi connectivity index (χ2v) is 10.3. The Morgan fingerprint density at radius 3 is 2.38 bits per heavy atom. The highest BCUT2D eigenvalue weighted by atomic mass is 32.2. The van der Waals surface area contributed by atoms with Crippen molar-refractivity contribution in [1.29, 1.82) is 0 Å². The summed E-state index contributed by atoms with van der Waals surface area (Å²) in [5.41, 5.74) is 0.639. The molecule has 0 radical (unpaired) electrons. The average Bonchev–Trinajstić information content (AvgIpc) is 3.13. The van der Waals surface area contributed by atoms with E-state index in [4.69, 9.17) is 12.2 Å². The zero-order valence-electron chi connectivity index (χ0n) is 17.6. The Labute approximate surface area is 184 Å². The summed E-state index contributed by atoms with van der Waals surface area (Å²) < 4.78 is 0.678. The minimum atomic E-state index is -0.302. The number of benzene rings is 1. The van der Waals surface area contributed by atoms with Crippen LogP contribution in [0.3, 0.4) is 0 Å². The number of hydrogen-bond acceptors (Lipinski definition) is 4. The second kappa shape index (κ2) is 10.1. The molecule has 1 aliphatic heterocycles. The first kappa shape index (κ1) is 22.3. The fraction of sp³-hybridized carbons (Fsp3) is 0.609. The van der Waals surface area contributed by atoms with Crippen LogP contribution >= 0.6 is 24.0 Å². The molecule has 1 N–H and O–H groups in total. The number of carbonyl (C=O) groups excluding carboxylic acids is 2. The Morgan fingerprint density at radius 1 is 1.10 bits per heavy atom. The number of rotatable bonds is 6. The van der Waals surface area contributed by atoms with E-state index in [1.54, 1.807) is 11.8 Å². The van der Waals surface area contributed by atoms with Crippen LogP contribution < -0.4 is 5.32 Å². The number of thiocarbonyl (C=S) groups is 1. The minimum absolute atomic E-state index is 0.0580. The van der Waals surface area contributed by atoms with Crippen molar-refractivity contribution >= 4 is 40.1 Å². The lowest BCUT2D eigenvalue weighted by atomic mass is 9.78. The summed E-state index contributed by atoms with van der Waals surface area (Å²) in [6.07, 6.45) is 5.68. The third kappa shape index (κ3) is 5.21. The van der Waals surface area contributed by atoms with Gasteiger partial charge < -0.3 is 5.32 Å². The van der Waals surface area contributed by atoms with Crippen LogP contribution in [-0.4, -0.2) is 38.9 Å². The number of nitrogens with zero attached hydrogens (tertiary/aromatic N) is 1. The lowest BCUT2D eigenvalue weighted by Gasteiger charge is -2.37. The first-order valence-corrected chi connectivity index (χ1v) is 12.1. The molecular formula is C23H32N2O2S2. The molecule has 6 heteroatoms. The van der Waals surface area contributed by atoms with Crippen molar-refractivity contribution in [2.75, 3.05) is 5.75 Å². The first-order valence-electron chi connectivity index (χ1n) is 10.8. The fourth-order valence-corrected chi connectivity index (χ4v) is 6.16. The van der Waals surface area contributed by atoms with Gasteiger partial charge in [0.1, 0.15) is 4.32 Å². The number of amides is 2. The maximum Gasteiger partial charge on any atom is 0.251 e. The quantitative estimate of drug-likeness (QED) is 0.651. The van der Waals surface area contributed by atoms with E-state index in [1.165, 1.54) is 6.42 Å². The molecule has 158 valence electrons. The first-order chi connectivity index (χ1) is 13.9. The molecule has 1 aliphatic carbocycles. The lowest BCUT2D eigenvalue weighted by molar-refractivity contribution is -0.134. The van der Waals surface area contributed by atoms with Crippen LogP contribution in [0.4, 0.5) is 0 Å². The summed E-state index contributed by atoms with van der Waals surface area (Å²) in [7, 11) is 0. The number of thioether (sulfide) groups is 1. The smallest absolute Gasteiger partial charge is 0.251 e. The molecule has 0 bridgehead atoms. The fourth-order valence-electron chi connectivity index (χ4n) is 4.52. The predicted octanol–water partition coefficient (Wildman–Crippen LogP) is 4.89. The van der Waals surface area contributed by atoms with Crippen molar-refractivity contribution in [2.45, 2.75) is 65.0 Å². The Morgan fingerprint density at radius 2 is 1.76 bits per heavy atom. The highest BCUT2D eigenvalue weighted by Crippen LogP contribution is 2.34.